The fourth-order valence-corrected chi connectivity index (χ4v) is 1.76. The van der Waals surface area contributed by atoms with Crippen molar-refractivity contribution in [3.63, 3.8) is 0 Å². The third-order valence-corrected chi connectivity index (χ3v) is 2.82. The summed E-state index contributed by atoms with van der Waals surface area (Å²) < 4.78 is 24.0. The second-order valence-corrected chi connectivity index (χ2v) is 4.33. The highest BCUT2D eigenvalue weighted by Crippen LogP contribution is 2.26. The normalized spacial score (nSPS) is 10.8. The monoisotopic (exact) mass is 315 g/mol. The van der Waals surface area contributed by atoms with Crippen molar-refractivity contribution in [2.45, 2.75) is 6.61 Å². The van der Waals surface area contributed by atoms with Gasteiger partial charge < -0.3 is 15.0 Å². The molecule has 0 radical (unpaired) electrons. The van der Waals surface area contributed by atoms with E-state index in [4.69, 9.17) is 15.0 Å². The lowest BCUT2D eigenvalue weighted by Crippen LogP contribution is -2.08. The second kappa shape index (κ2) is 6.03. The van der Waals surface area contributed by atoms with Gasteiger partial charge in [-0.25, -0.2) is 4.39 Å². The van der Waals surface area contributed by atoms with Crippen LogP contribution < -0.4 is 5.73 Å². The minimum atomic E-state index is -0.362. The maximum absolute atomic E-state index is 13.1. The van der Waals surface area contributed by atoms with Crippen molar-refractivity contribution >= 4 is 15.9 Å². The largest absolute Gasteiger partial charge is 0.370 e. The van der Waals surface area contributed by atoms with Gasteiger partial charge in [-0.2, -0.15) is 4.98 Å². The minimum Gasteiger partial charge on any atom is -0.370 e. The molecule has 0 fully saturated rings. The average molecular weight is 316 g/mol. The Morgan fingerprint density at radius 2 is 2.28 bits per heavy atom. The van der Waals surface area contributed by atoms with E-state index in [0.717, 1.165) is 0 Å². The van der Waals surface area contributed by atoms with Crippen LogP contribution in [0.15, 0.2) is 27.2 Å². The standard InChI is InChI=1S/C11H11BrFN3O2/c12-9-2-1-7(13)5-8(9)11-15-10(18-16-11)6-17-4-3-14/h1-2,5H,3-4,6,14H2. The van der Waals surface area contributed by atoms with Crippen LogP contribution in [0.2, 0.25) is 0 Å². The Bertz CT molecular complexity index is 533. The zero-order valence-electron chi connectivity index (χ0n) is 9.40. The number of benzene rings is 1. The molecule has 0 spiro atoms. The van der Waals surface area contributed by atoms with Crippen molar-refractivity contribution < 1.29 is 13.7 Å². The molecule has 0 saturated carbocycles. The van der Waals surface area contributed by atoms with Gasteiger partial charge in [0.15, 0.2) is 0 Å². The molecule has 5 nitrogen and oxygen atoms in total. The molecule has 96 valence electrons. The molecule has 0 aliphatic heterocycles. The van der Waals surface area contributed by atoms with Crippen molar-refractivity contribution in [1.29, 1.82) is 0 Å². The summed E-state index contributed by atoms with van der Waals surface area (Å²) >= 11 is 3.30. The van der Waals surface area contributed by atoms with Gasteiger partial charge in [-0.15, -0.1) is 0 Å². The quantitative estimate of drug-likeness (QED) is 0.855. The first-order chi connectivity index (χ1) is 8.70. The minimum absolute atomic E-state index is 0.192. The Labute approximate surface area is 111 Å². The summed E-state index contributed by atoms with van der Waals surface area (Å²) in [6.45, 7) is 1.04. The molecule has 0 saturated heterocycles. The SMILES string of the molecule is NCCOCc1nc(-c2cc(F)ccc2Br)no1. The topological polar surface area (TPSA) is 74.2 Å². The van der Waals surface area contributed by atoms with Crippen LogP contribution in [0.3, 0.4) is 0 Å². The Balaban J connectivity index is 2.16. The number of nitrogens with two attached hydrogens (primary N) is 1. The van der Waals surface area contributed by atoms with Gasteiger partial charge in [0.05, 0.1) is 6.61 Å². The fourth-order valence-electron chi connectivity index (χ4n) is 1.33. The number of hydrogen-bond acceptors (Lipinski definition) is 5. The van der Waals surface area contributed by atoms with Gasteiger partial charge in [0.25, 0.3) is 5.89 Å². The molecule has 1 aromatic heterocycles. The van der Waals surface area contributed by atoms with Crippen molar-refractivity contribution in [1.82, 2.24) is 10.1 Å². The van der Waals surface area contributed by atoms with Gasteiger partial charge in [-0.05, 0) is 18.2 Å². The van der Waals surface area contributed by atoms with Crippen LogP contribution in [0.1, 0.15) is 5.89 Å². The smallest absolute Gasteiger partial charge is 0.252 e. The van der Waals surface area contributed by atoms with Crippen LogP contribution in [0.4, 0.5) is 4.39 Å². The van der Waals surface area contributed by atoms with Gasteiger partial charge in [-0.3, -0.25) is 0 Å². The Morgan fingerprint density at radius 3 is 3.06 bits per heavy atom. The van der Waals surface area contributed by atoms with Crippen molar-refractivity contribution in [3.8, 4) is 11.4 Å². The number of nitrogens with zero attached hydrogens (tertiary/aromatic N) is 2. The maximum Gasteiger partial charge on any atom is 0.252 e. The van der Waals surface area contributed by atoms with E-state index < -0.39 is 0 Å². The fraction of sp³-hybridized carbons (Fsp3) is 0.273. The summed E-state index contributed by atoms with van der Waals surface area (Å²) in [5.41, 5.74) is 5.82. The van der Waals surface area contributed by atoms with Crippen molar-refractivity contribution in [3.05, 3.63) is 34.4 Å². The molecule has 2 aromatic rings. The number of hydrogen-bond donors (Lipinski definition) is 1. The third-order valence-electron chi connectivity index (χ3n) is 2.13. The van der Waals surface area contributed by atoms with E-state index in [1.165, 1.54) is 12.1 Å². The van der Waals surface area contributed by atoms with Crippen molar-refractivity contribution in [2.75, 3.05) is 13.2 Å². The van der Waals surface area contributed by atoms with E-state index >= 15 is 0 Å². The van der Waals surface area contributed by atoms with Crippen LogP contribution in [-0.4, -0.2) is 23.3 Å². The molecule has 7 heteroatoms. The zero-order valence-corrected chi connectivity index (χ0v) is 11.0. The summed E-state index contributed by atoms with van der Waals surface area (Å²) in [5, 5.41) is 3.77. The molecule has 1 heterocycles. The van der Waals surface area contributed by atoms with Gasteiger partial charge in [0.2, 0.25) is 5.82 Å². The predicted molar refractivity (Wildman–Crippen MR) is 66.1 cm³/mol. The lowest BCUT2D eigenvalue weighted by molar-refractivity contribution is 0.104. The van der Waals surface area contributed by atoms with Crippen LogP contribution in [0.25, 0.3) is 11.4 Å². The molecule has 2 N–H and O–H groups in total. The average Bonchev–Trinajstić information content (AvgIpc) is 2.81. The Hall–Kier alpha value is -1.31. The van der Waals surface area contributed by atoms with Gasteiger partial charge >= 0.3 is 0 Å². The number of rotatable bonds is 5. The summed E-state index contributed by atoms with van der Waals surface area (Å²) in [6.07, 6.45) is 0. The van der Waals surface area contributed by atoms with Gasteiger partial charge in [0, 0.05) is 16.6 Å². The molecule has 1 aromatic carbocycles. The lowest BCUT2D eigenvalue weighted by atomic mass is 10.2. The molecule has 0 bridgehead atoms. The van der Waals surface area contributed by atoms with Gasteiger partial charge in [-0.1, -0.05) is 21.1 Å². The molecule has 0 atom stereocenters. The van der Waals surface area contributed by atoms with Crippen LogP contribution >= 0.6 is 15.9 Å². The molecule has 2 rings (SSSR count). The first-order valence-electron chi connectivity index (χ1n) is 5.26. The molecular formula is C11H11BrFN3O2. The maximum atomic E-state index is 13.1. The van der Waals surface area contributed by atoms with E-state index in [9.17, 15) is 4.39 Å². The van der Waals surface area contributed by atoms with Crippen LogP contribution in [-0.2, 0) is 11.3 Å². The Morgan fingerprint density at radius 1 is 1.44 bits per heavy atom. The number of ether oxygens (including phenoxy) is 1. The molecular weight excluding hydrogens is 305 g/mol. The first kappa shape index (κ1) is 13.1. The van der Waals surface area contributed by atoms with Crippen LogP contribution in [0, 0.1) is 5.82 Å². The Kier molecular flexibility index (Phi) is 4.40. The van der Waals surface area contributed by atoms with E-state index in [1.807, 2.05) is 0 Å². The first-order valence-corrected chi connectivity index (χ1v) is 6.06. The van der Waals surface area contributed by atoms with E-state index in [0.29, 0.717) is 34.9 Å². The highest BCUT2D eigenvalue weighted by molar-refractivity contribution is 9.10. The molecule has 0 amide bonds. The molecule has 0 unspecified atom stereocenters. The highest BCUT2D eigenvalue weighted by atomic mass is 79.9. The van der Waals surface area contributed by atoms with E-state index in [-0.39, 0.29) is 12.4 Å². The van der Waals surface area contributed by atoms with E-state index in [2.05, 4.69) is 26.1 Å². The number of aromatic nitrogens is 2. The second-order valence-electron chi connectivity index (χ2n) is 3.48. The third kappa shape index (κ3) is 3.12. The summed E-state index contributed by atoms with van der Waals surface area (Å²) in [4.78, 5) is 4.11. The summed E-state index contributed by atoms with van der Waals surface area (Å²) in [6, 6.07) is 4.27. The lowest BCUT2D eigenvalue weighted by Gasteiger charge is -1.98. The number of halogens is 2. The zero-order chi connectivity index (χ0) is 13.0. The predicted octanol–water partition coefficient (Wildman–Crippen LogP) is 2.11. The van der Waals surface area contributed by atoms with Crippen molar-refractivity contribution in [2.24, 2.45) is 5.73 Å². The summed E-state index contributed by atoms with van der Waals surface area (Å²) in [7, 11) is 0. The highest BCUT2D eigenvalue weighted by Gasteiger charge is 2.12. The van der Waals surface area contributed by atoms with E-state index in [1.54, 1.807) is 6.07 Å². The molecule has 0 aliphatic rings. The molecule has 0 aliphatic carbocycles. The molecule has 18 heavy (non-hydrogen) atoms. The summed E-state index contributed by atoms with van der Waals surface area (Å²) in [5.74, 6) is 0.279. The van der Waals surface area contributed by atoms with Gasteiger partial charge in [0.1, 0.15) is 12.4 Å². The van der Waals surface area contributed by atoms with Crippen LogP contribution in [0.5, 0.6) is 0 Å².